The van der Waals surface area contributed by atoms with E-state index < -0.39 is 0 Å². The van der Waals surface area contributed by atoms with Gasteiger partial charge in [0, 0.05) is 24.2 Å². The van der Waals surface area contributed by atoms with E-state index in [1.807, 2.05) is 0 Å². The van der Waals surface area contributed by atoms with Gasteiger partial charge < -0.3 is 10.3 Å². The summed E-state index contributed by atoms with van der Waals surface area (Å²) in [6, 6.07) is 8.06. The average Bonchev–Trinajstić information content (AvgIpc) is 3.20. The van der Waals surface area contributed by atoms with Crippen LogP contribution in [0.15, 0.2) is 35.1 Å². The first-order valence-corrected chi connectivity index (χ1v) is 6.30. The summed E-state index contributed by atoms with van der Waals surface area (Å²) in [6.07, 6.45) is 2.36. The van der Waals surface area contributed by atoms with E-state index in [-0.39, 0.29) is 11.4 Å². The lowest BCUT2D eigenvalue weighted by Gasteiger charge is -2.05. The summed E-state index contributed by atoms with van der Waals surface area (Å²) < 4.78 is 13.2. The predicted octanol–water partition coefficient (Wildman–Crippen LogP) is 1.83. The second-order valence-electron chi connectivity index (χ2n) is 4.75. The number of aromatic amines is 1. The van der Waals surface area contributed by atoms with Crippen LogP contribution in [0.25, 0.3) is 11.4 Å². The van der Waals surface area contributed by atoms with Crippen LogP contribution in [-0.4, -0.2) is 16.0 Å². The Morgan fingerprint density at radius 3 is 2.95 bits per heavy atom. The molecule has 0 amide bonds. The Morgan fingerprint density at radius 2 is 2.21 bits per heavy atom. The van der Waals surface area contributed by atoms with Crippen molar-refractivity contribution >= 4 is 0 Å². The number of nitrogens with one attached hydrogen (secondary N) is 2. The predicted molar refractivity (Wildman–Crippen MR) is 70.1 cm³/mol. The van der Waals surface area contributed by atoms with E-state index in [4.69, 9.17) is 0 Å². The van der Waals surface area contributed by atoms with Crippen molar-refractivity contribution in [2.24, 2.45) is 0 Å². The first-order valence-electron chi connectivity index (χ1n) is 6.30. The fraction of sp³-hybridized carbons (Fsp3) is 0.286. The summed E-state index contributed by atoms with van der Waals surface area (Å²) in [5.74, 6) is 0.0567. The molecule has 1 aromatic carbocycles. The Labute approximate surface area is 109 Å². The number of hydrogen-bond donors (Lipinski definition) is 2. The Hall–Kier alpha value is -2.01. The van der Waals surface area contributed by atoms with Gasteiger partial charge in [0.2, 0.25) is 0 Å². The maximum atomic E-state index is 13.2. The number of benzene rings is 1. The SMILES string of the molecule is O=c1cc(CNC2CC2)nc(-c2cccc(F)c2)[nH]1. The van der Waals surface area contributed by atoms with Crippen molar-refractivity contribution in [2.45, 2.75) is 25.4 Å². The molecule has 1 fully saturated rings. The zero-order valence-electron chi connectivity index (χ0n) is 10.3. The molecule has 1 aromatic heterocycles. The second kappa shape index (κ2) is 4.93. The van der Waals surface area contributed by atoms with Crippen molar-refractivity contribution in [1.82, 2.24) is 15.3 Å². The standard InChI is InChI=1S/C14H14FN3O/c15-10-3-1-2-9(6-10)14-17-12(7-13(19)18-14)8-16-11-4-5-11/h1-3,6-7,11,16H,4-5,8H2,(H,17,18,19). The summed E-state index contributed by atoms with van der Waals surface area (Å²) in [5.41, 5.74) is 1.03. The van der Waals surface area contributed by atoms with Gasteiger partial charge in [-0.15, -0.1) is 0 Å². The smallest absolute Gasteiger partial charge is 0.251 e. The van der Waals surface area contributed by atoms with Crippen LogP contribution in [0, 0.1) is 5.82 Å². The molecule has 0 saturated heterocycles. The Kier molecular flexibility index (Phi) is 3.13. The van der Waals surface area contributed by atoms with Gasteiger partial charge in [-0.1, -0.05) is 12.1 Å². The minimum Gasteiger partial charge on any atom is -0.308 e. The topological polar surface area (TPSA) is 57.8 Å². The second-order valence-corrected chi connectivity index (χ2v) is 4.75. The van der Waals surface area contributed by atoms with Gasteiger partial charge in [0.15, 0.2) is 0 Å². The van der Waals surface area contributed by atoms with E-state index in [9.17, 15) is 9.18 Å². The number of hydrogen-bond acceptors (Lipinski definition) is 3. The highest BCUT2D eigenvalue weighted by Gasteiger charge is 2.20. The van der Waals surface area contributed by atoms with Crippen LogP contribution in [-0.2, 0) is 6.54 Å². The monoisotopic (exact) mass is 259 g/mol. The highest BCUT2D eigenvalue weighted by atomic mass is 19.1. The Bertz CT molecular complexity index is 649. The summed E-state index contributed by atoms with van der Waals surface area (Å²) in [7, 11) is 0. The van der Waals surface area contributed by atoms with Crippen LogP contribution in [0.2, 0.25) is 0 Å². The van der Waals surface area contributed by atoms with Crippen molar-refractivity contribution in [2.75, 3.05) is 0 Å². The lowest BCUT2D eigenvalue weighted by atomic mass is 10.2. The normalized spacial score (nSPS) is 14.6. The van der Waals surface area contributed by atoms with Gasteiger partial charge in [0.05, 0.1) is 5.69 Å². The molecule has 1 aliphatic carbocycles. The first kappa shape index (κ1) is 12.0. The van der Waals surface area contributed by atoms with Crippen LogP contribution in [0.4, 0.5) is 4.39 Å². The van der Waals surface area contributed by atoms with E-state index in [1.54, 1.807) is 12.1 Å². The lowest BCUT2D eigenvalue weighted by Crippen LogP contribution is -2.19. The number of nitrogens with zero attached hydrogens (tertiary/aromatic N) is 1. The molecule has 0 radical (unpaired) electrons. The fourth-order valence-corrected chi connectivity index (χ4v) is 1.91. The van der Waals surface area contributed by atoms with Gasteiger partial charge in [-0.05, 0) is 25.0 Å². The average molecular weight is 259 g/mol. The van der Waals surface area contributed by atoms with Gasteiger partial charge in [-0.25, -0.2) is 9.37 Å². The zero-order chi connectivity index (χ0) is 13.2. The van der Waals surface area contributed by atoms with Crippen LogP contribution in [0.1, 0.15) is 18.5 Å². The van der Waals surface area contributed by atoms with E-state index >= 15 is 0 Å². The lowest BCUT2D eigenvalue weighted by molar-refractivity contribution is 0.628. The molecule has 2 N–H and O–H groups in total. The molecule has 98 valence electrons. The molecule has 0 unspecified atom stereocenters. The van der Waals surface area contributed by atoms with Gasteiger partial charge in [-0.3, -0.25) is 4.79 Å². The quantitative estimate of drug-likeness (QED) is 0.880. The van der Waals surface area contributed by atoms with Crippen LogP contribution < -0.4 is 10.9 Å². The minimum absolute atomic E-state index is 0.221. The van der Waals surface area contributed by atoms with E-state index in [1.165, 1.54) is 31.0 Å². The van der Waals surface area contributed by atoms with Crippen molar-refractivity contribution in [3.8, 4) is 11.4 Å². The molecule has 0 aliphatic heterocycles. The number of aromatic nitrogens is 2. The molecule has 1 aliphatic rings. The van der Waals surface area contributed by atoms with Gasteiger partial charge in [0.25, 0.3) is 5.56 Å². The molecule has 0 bridgehead atoms. The van der Waals surface area contributed by atoms with Gasteiger partial charge in [-0.2, -0.15) is 0 Å². The first-order chi connectivity index (χ1) is 9.20. The van der Waals surface area contributed by atoms with Crippen molar-refractivity contribution < 1.29 is 4.39 Å². The van der Waals surface area contributed by atoms with E-state index in [0.29, 0.717) is 29.7 Å². The molecule has 0 atom stereocenters. The fourth-order valence-electron chi connectivity index (χ4n) is 1.91. The maximum Gasteiger partial charge on any atom is 0.251 e. The zero-order valence-corrected chi connectivity index (χ0v) is 10.3. The Morgan fingerprint density at radius 1 is 1.37 bits per heavy atom. The third-order valence-electron chi connectivity index (χ3n) is 3.04. The Balaban J connectivity index is 1.89. The molecule has 0 spiro atoms. The van der Waals surface area contributed by atoms with Crippen molar-refractivity contribution in [1.29, 1.82) is 0 Å². The molecule has 5 heteroatoms. The number of halogens is 1. The van der Waals surface area contributed by atoms with Crippen LogP contribution >= 0.6 is 0 Å². The number of H-pyrrole nitrogens is 1. The molecular weight excluding hydrogens is 245 g/mol. The van der Waals surface area contributed by atoms with E-state index in [2.05, 4.69) is 15.3 Å². The van der Waals surface area contributed by atoms with Gasteiger partial charge in [0.1, 0.15) is 11.6 Å². The van der Waals surface area contributed by atoms with Crippen molar-refractivity contribution in [3.63, 3.8) is 0 Å². The highest BCUT2D eigenvalue weighted by Crippen LogP contribution is 2.19. The molecule has 4 nitrogen and oxygen atoms in total. The largest absolute Gasteiger partial charge is 0.308 e. The molecule has 3 rings (SSSR count). The molecule has 1 heterocycles. The van der Waals surface area contributed by atoms with E-state index in [0.717, 1.165) is 0 Å². The van der Waals surface area contributed by atoms with Crippen LogP contribution in [0.5, 0.6) is 0 Å². The summed E-state index contributed by atoms with van der Waals surface area (Å²) in [6.45, 7) is 0.566. The summed E-state index contributed by atoms with van der Waals surface area (Å²) in [5, 5.41) is 3.30. The van der Waals surface area contributed by atoms with Crippen molar-refractivity contribution in [3.05, 3.63) is 52.2 Å². The minimum atomic E-state index is -0.346. The third kappa shape index (κ3) is 3.06. The molecule has 1 saturated carbocycles. The number of rotatable bonds is 4. The maximum absolute atomic E-state index is 13.2. The summed E-state index contributed by atoms with van der Waals surface area (Å²) >= 11 is 0. The third-order valence-corrected chi connectivity index (χ3v) is 3.04. The molecule has 2 aromatic rings. The molecular formula is C14H14FN3O. The highest BCUT2D eigenvalue weighted by molar-refractivity contribution is 5.54. The van der Waals surface area contributed by atoms with Crippen LogP contribution in [0.3, 0.4) is 0 Å². The van der Waals surface area contributed by atoms with Gasteiger partial charge >= 0.3 is 0 Å². The summed E-state index contributed by atoms with van der Waals surface area (Å²) in [4.78, 5) is 18.6. The molecule has 19 heavy (non-hydrogen) atoms.